The molecule has 3 aromatic carbocycles. The van der Waals surface area contributed by atoms with Crippen LogP contribution in [0.4, 0.5) is 5.95 Å². The summed E-state index contributed by atoms with van der Waals surface area (Å²) in [5.41, 5.74) is 9.57. The van der Waals surface area contributed by atoms with Crippen LogP contribution in [-0.2, 0) is 0 Å². The molecule has 0 unspecified atom stereocenters. The van der Waals surface area contributed by atoms with Crippen molar-refractivity contribution in [3.8, 4) is 11.3 Å². The molecular formula is C26H20ClN5. The van der Waals surface area contributed by atoms with Crippen LogP contribution >= 0.6 is 11.6 Å². The molecule has 0 bridgehead atoms. The number of anilines is 1. The van der Waals surface area contributed by atoms with Gasteiger partial charge in [-0.25, -0.2) is 20.4 Å². The summed E-state index contributed by atoms with van der Waals surface area (Å²) in [4.78, 5) is 13.9. The van der Waals surface area contributed by atoms with Gasteiger partial charge < -0.3 is 0 Å². The highest BCUT2D eigenvalue weighted by atomic mass is 35.5. The summed E-state index contributed by atoms with van der Waals surface area (Å²) in [7, 11) is 0. The fourth-order valence-corrected chi connectivity index (χ4v) is 3.82. The molecule has 2 aromatic heterocycles. The average Bonchev–Trinajstić information content (AvgIpc) is 2.80. The monoisotopic (exact) mass is 437 g/mol. The van der Waals surface area contributed by atoms with E-state index in [9.17, 15) is 0 Å². The van der Waals surface area contributed by atoms with Gasteiger partial charge >= 0.3 is 0 Å². The molecule has 6 heteroatoms. The van der Waals surface area contributed by atoms with E-state index in [1.807, 2.05) is 73.7 Å². The van der Waals surface area contributed by atoms with Crippen molar-refractivity contribution in [1.82, 2.24) is 15.0 Å². The highest BCUT2D eigenvalue weighted by molar-refractivity contribution is 6.32. The maximum atomic E-state index is 6.37. The second-order valence-electron chi connectivity index (χ2n) is 7.72. The normalized spacial score (nSPS) is 11.5. The van der Waals surface area contributed by atoms with Crippen molar-refractivity contribution in [1.29, 1.82) is 0 Å². The number of hydrogen-bond acceptors (Lipinski definition) is 5. The van der Waals surface area contributed by atoms with Crippen LogP contribution in [0.25, 0.3) is 33.1 Å². The largest absolute Gasteiger partial charge is 0.245 e. The van der Waals surface area contributed by atoms with E-state index >= 15 is 0 Å². The molecule has 5 rings (SSSR count). The van der Waals surface area contributed by atoms with Crippen molar-refractivity contribution in [2.75, 3.05) is 5.43 Å². The van der Waals surface area contributed by atoms with Crippen molar-refractivity contribution in [3.63, 3.8) is 0 Å². The van der Waals surface area contributed by atoms with Gasteiger partial charge in [-0.3, -0.25) is 0 Å². The molecule has 0 fully saturated rings. The van der Waals surface area contributed by atoms with Crippen LogP contribution in [-0.4, -0.2) is 21.2 Å². The van der Waals surface area contributed by atoms with E-state index < -0.39 is 0 Å². The minimum absolute atomic E-state index is 0.397. The van der Waals surface area contributed by atoms with Crippen LogP contribution in [0.2, 0.25) is 5.15 Å². The topological polar surface area (TPSA) is 63.1 Å². The molecule has 0 radical (unpaired) electrons. The van der Waals surface area contributed by atoms with Gasteiger partial charge in [-0.15, -0.1) is 0 Å². The third kappa shape index (κ3) is 4.03. The molecule has 1 N–H and O–H groups in total. The molecule has 2 heterocycles. The molecule has 5 nitrogen and oxygen atoms in total. The van der Waals surface area contributed by atoms with E-state index in [-0.39, 0.29) is 0 Å². The Balaban J connectivity index is 1.50. The molecule has 0 atom stereocenters. The number of nitrogens with one attached hydrogen (secondary N) is 1. The number of fused-ring (bicyclic) bond motifs is 2. The summed E-state index contributed by atoms with van der Waals surface area (Å²) < 4.78 is 0. The number of rotatable bonds is 4. The zero-order valence-corrected chi connectivity index (χ0v) is 18.4. The summed E-state index contributed by atoms with van der Waals surface area (Å²) in [6, 6.07) is 24.3. The highest BCUT2D eigenvalue weighted by Crippen LogP contribution is 2.28. The lowest BCUT2D eigenvalue weighted by Gasteiger charge is -2.09. The Morgan fingerprint density at radius 2 is 1.59 bits per heavy atom. The third-order valence-electron chi connectivity index (χ3n) is 5.22. The van der Waals surface area contributed by atoms with E-state index in [4.69, 9.17) is 16.6 Å². The summed E-state index contributed by atoms with van der Waals surface area (Å²) in [5, 5.41) is 6.74. The first kappa shape index (κ1) is 20.1. The third-order valence-corrected chi connectivity index (χ3v) is 5.52. The fourth-order valence-electron chi connectivity index (χ4n) is 3.63. The number of halogens is 1. The smallest absolute Gasteiger partial charge is 0.244 e. The molecule has 0 saturated carbocycles. The first-order valence-electron chi connectivity index (χ1n) is 10.3. The molecule has 32 heavy (non-hydrogen) atoms. The number of hydrogen-bond donors (Lipinski definition) is 1. The van der Waals surface area contributed by atoms with Gasteiger partial charge in [0.05, 0.1) is 22.9 Å². The van der Waals surface area contributed by atoms with Crippen LogP contribution in [0.1, 0.15) is 16.7 Å². The van der Waals surface area contributed by atoms with Crippen molar-refractivity contribution in [2.24, 2.45) is 5.10 Å². The van der Waals surface area contributed by atoms with Crippen LogP contribution in [0.5, 0.6) is 0 Å². The van der Waals surface area contributed by atoms with Crippen molar-refractivity contribution in [3.05, 3.63) is 94.6 Å². The van der Waals surface area contributed by atoms with E-state index in [1.165, 1.54) is 0 Å². The molecule has 5 aromatic rings. The SMILES string of the molecule is Cc1ccc2cc(C=NNc3nc(-c4ccccc4)c4cc(C)ccc4n3)c(Cl)nc2c1. The number of hydrazone groups is 1. The minimum Gasteiger partial charge on any atom is -0.245 e. The van der Waals surface area contributed by atoms with E-state index in [0.717, 1.165) is 49.8 Å². The molecule has 0 spiro atoms. The summed E-state index contributed by atoms with van der Waals surface area (Å²) >= 11 is 6.37. The first-order valence-corrected chi connectivity index (χ1v) is 10.6. The second kappa shape index (κ2) is 8.36. The predicted octanol–water partition coefficient (Wildman–Crippen LogP) is 6.56. The lowest BCUT2D eigenvalue weighted by atomic mass is 10.0. The maximum absolute atomic E-state index is 6.37. The Morgan fingerprint density at radius 1 is 0.812 bits per heavy atom. The Bertz CT molecular complexity index is 1480. The Labute approximate surface area is 190 Å². The molecule has 0 aliphatic carbocycles. The van der Waals surface area contributed by atoms with E-state index in [1.54, 1.807) is 6.21 Å². The molecule has 0 aliphatic rings. The van der Waals surface area contributed by atoms with Gasteiger partial charge in [0.15, 0.2) is 0 Å². The predicted molar refractivity (Wildman–Crippen MR) is 132 cm³/mol. The van der Waals surface area contributed by atoms with Crippen molar-refractivity contribution >= 4 is 45.6 Å². The Hall–Kier alpha value is -3.83. The minimum atomic E-state index is 0.397. The summed E-state index contributed by atoms with van der Waals surface area (Å²) in [6.07, 6.45) is 1.64. The molecule has 0 aliphatic heterocycles. The molecule has 156 valence electrons. The molecular weight excluding hydrogens is 418 g/mol. The molecule has 0 saturated heterocycles. The van der Waals surface area contributed by atoms with Crippen LogP contribution in [0.3, 0.4) is 0 Å². The second-order valence-corrected chi connectivity index (χ2v) is 8.08. The molecule has 0 amide bonds. The van der Waals surface area contributed by atoms with Gasteiger partial charge in [0.2, 0.25) is 5.95 Å². The van der Waals surface area contributed by atoms with E-state index in [2.05, 4.69) is 33.5 Å². The standard InChI is InChI=1S/C26H20ClN5/c1-16-9-11-22-21(12-16)24(18-6-4-3-5-7-18)31-26(30-22)32-28-15-20-14-19-10-8-17(2)13-23(19)29-25(20)27/h3-15H,1-2H3,(H,30,31,32). The first-order chi connectivity index (χ1) is 15.6. The van der Waals surface area contributed by atoms with Gasteiger partial charge in [-0.05, 0) is 43.7 Å². The quantitative estimate of drug-likeness (QED) is 0.196. The number of pyridine rings is 1. The summed E-state index contributed by atoms with van der Waals surface area (Å²) in [5.74, 6) is 0.414. The average molecular weight is 438 g/mol. The van der Waals surface area contributed by atoms with Gasteiger partial charge in [-0.2, -0.15) is 5.10 Å². The number of nitrogens with zero attached hydrogens (tertiary/aromatic N) is 4. The zero-order valence-electron chi connectivity index (χ0n) is 17.7. The highest BCUT2D eigenvalue weighted by Gasteiger charge is 2.10. The fraction of sp³-hybridized carbons (Fsp3) is 0.0769. The lowest BCUT2D eigenvalue weighted by molar-refractivity contribution is 1.15. The van der Waals surface area contributed by atoms with Crippen LogP contribution in [0.15, 0.2) is 77.9 Å². The summed E-state index contributed by atoms with van der Waals surface area (Å²) in [6.45, 7) is 4.09. The van der Waals surface area contributed by atoms with Crippen molar-refractivity contribution in [2.45, 2.75) is 13.8 Å². The Kier molecular flexibility index (Phi) is 5.25. The van der Waals surface area contributed by atoms with Crippen molar-refractivity contribution < 1.29 is 0 Å². The number of benzene rings is 3. The van der Waals surface area contributed by atoms with Crippen LogP contribution in [0, 0.1) is 13.8 Å². The van der Waals surface area contributed by atoms with Gasteiger partial charge in [0.25, 0.3) is 0 Å². The number of aromatic nitrogens is 3. The maximum Gasteiger partial charge on any atom is 0.244 e. The van der Waals surface area contributed by atoms with Gasteiger partial charge in [0, 0.05) is 21.9 Å². The van der Waals surface area contributed by atoms with Gasteiger partial charge in [0.1, 0.15) is 5.15 Å². The Morgan fingerprint density at radius 3 is 2.44 bits per heavy atom. The zero-order chi connectivity index (χ0) is 22.1. The number of aryl methyl sites for hydroxylation is 2. The van der Waals surface area contributed by atoms with Crippen LogP contribution < -0.4 is 5.43 Å². The lowest BCUT2D eigenvalue weighted by Crippen LogP contribution is -2.00. The van der Waals surface area contributed by atoms with E-state index in [0.29, 0.717) is 11.1 Å². The van der Waals surface area contributed by atoms with Gasteiger partial charge in [-0.1, -0.05) is 65.7 Å².